The highest BCUT2D eigenvalue weighted by Gasteiger charge is 2.44. The van der Waals surface area contributed by atoms with Crippen LogP contribution in [0.4, 0.5) is 11.4 Å². The van der Waals surface area contributed by atoms with E-state index in [0.29, 0.717) is 0 Å². The number of aryl methyl sites for hydroxylation is 1. The lowest BCUT2D eigenvalue weighted by atomic mass is 9.76. The van der Waals surface area contributed by atoms with Gasteiger partial charge in [-0.15, -0.1) is 0 Å². The molecule has 0 saturated carbocycles. The number of fused-ring (bicyclic) bond motifs is 4. The number of hydrogen-bond donors (Lipinski definition) is 0. The van der Waals surface area contributed by atoms with Gasteiger partial charge in [0.1, 0.15) is 7.05 Å². The molecule has 190 valence electrons. The van der Waals surface area contributed by atoms with Crippen molar-refractivity contribution in [2.24, 2.45) is 0 Å². The summed E-state index contributed by atoms with van der Waals surface area (Å²) in [7, 11) is 4.43. The summed E-state index contributed by atoms with van der Waals surface area (Å²) in [5, 5.41) is 2.61. The average Bonchev–Trinajstić information content (AvgIpc) is 3.23. The lowest BCUT2D eigenvalue weighted by Gasteiger charge is -2.29. The van der Waals surface area contributed by atoms with Gasteiger partial charge in [-0.25, -0.2) is 0 Å². The molecule has 38 heavy (non-hydrogen) atoms. The zero-order valence-electron chi connectivity index (χ0n) is 23.4. The second kappa shape index (κ2) is 8.84. The van der Waals surface area contributed by atoms with E-state index < -0.39 is 0 Å². The Morgan fingerprint density at radius 3 is 2.37 bits per heavy atom. The molecule has 0 amide bonds. The fourth-order valence-corrected chi connectivity index (χ4v) is 6.86. The number of rotatable bonds is 4. The molecule has 0 saturated heterocycles. The lowest BCUT2D eigenvalue weighted by Crippen LogP contribution is -2.29. The molecule has 2 nitrogen and oxygen atoms in total. The summed E-state index contributed by atoms with van der Waals surface area (Å²) < 4.78 is 2.40. The average molecular weight is 498 g/mol. The summed E-state index contributed by atoms with van der Waals surface area (Å²) in [5.41, 5.74) is 10.6. The van der Waals surface area contributed by atoms with Crippen LogP contribution < -0.4 is 4.90 Å². The number of likely N-dealkylation sites (N-methyl/N-ethyl adjacent to an activating group) is 1. The number of nitrogens with zero attached hydrogens (tertiary/aromatic N) is 2. The highest BCUT2D eigenvalue weighted by Crippen LogP contribution is 2.49. The highest BCUT2D eigenvalue weighted by molar-refractivity contribution is 6.07. The fraction of sp³-hybridized carbons (Fsp3) is 0.250. The largest absolute Gasteiger partial charge is 0.347 e. The summed E-state index contributed by atoms with van der Waals surface area (Å²) in [5.74, 6) is 0. The Morgan fingerprint density at radius 1 is 0.842 bits per heavy atom. The van der Waals surface area contributed by atoms with E-state index in [-0.39, 0.29) is 10.8 Å². The van der Waals surface area contributed by atoms with E-state index in [9.17, 15) is 0 Å². The van der Waals surface area contributed by atoms with Crippen LogP contribution in [0.25, 0.3) is 10.8 Å². The third kappa shape index (κ3) is 3.66. The van der Waals surface area contributed by atoms with Gasteiger partial charge in [0.05, 0.1) is 10.8 Å². The number of allylic oxidation sites excluding steroid dienone is 4. The van der Waals surface area contributed by atoms with Gasteiger partial charge >= 0.3 is 0 Å². The molecule has 0 aromatic heterocycles. The zero-order chi connectivity index (χ0) is 26.7. The van der Waals surface area contributed by atoms with Crippen molar-refractivity contribution >= 4 is 27.9 Å². The van der Waals surface area contributed by atoms with E-state index in [4.69, 9.17) is 0 Å². The first kappa shape index (κ1) is 24.4. The van der Waals surface area contributed by atoms with Crippen LogP contribution in [0.2, 0.25) is 0 Å². The first-order valence-electron chi connectivity index (χ1n) is 13.6. The molecule has 2 aliphatic rings. The third-order valence-electron chi connectivity index (χ3n) is 8.85. The molecular weight excluding hydrogens is 460 g/mol. The van der Waals surface area contributed by atoms with Crippen LogP contribution in [0.5, 0.6) is 0 Å². The summed E-state index contributed by atoms with van der Waals surface area (Å²) >= 11 is 0. The van der Waals surface area contributed by atoms with Crippen LogP contribution in [0, 0.1) is 6.92 Å². The number of benzene rings is 4. The molecule has 0 spiro atoms. The van der Waals surface area contributed by atoms with Crippen molar-refractivity contribution in [1.82, 2.24) is 0 Å². The smallest absolute Gasteiger partial charge is 0.217 e. The second-order valence-electron chi connectivity index (χ2n) is 11.7. The van der Waals surface area contributed by atoms with Crippen LogP contribution in [-0.2, 0) is 17.3 Å². The summed E-state index contributed by atoms with van der Waals surface area (Å²) in [4.78, 5) is 2.39. The quantitative estimate of drug-likeness (QED) is 0.257. The molecule has 0 aliphatic carbocycles. The normalized spacial score (nSPS) is 21.1. The molecule has 6 rings (SSSR count). The molecule has 2 aliphatic heterocycles. The lowest BCUT2D eigenvalue weighted by molar-refractivity contribution is -0.399. The number of hydrogen-bond acceptors (Lipinski definition) is 1. The van der Waals surface area contributed by atoms with Gasteiger partial charge < -0.3 is 4.90 Å². The Labute approximate surface area is 227 Å². The Morgan fingerprint density at radius 2 is 1.58 bits per heavy atom. The molecule has 4 aromatic carbocycles. The maximum Gasteiger partial charge on any atom is 0.217 e. The van der Waals surface area contributed by atoms with Gasteiger partial charge in [0.25, 0.3) is 0 Å². The Bertz CT molecular complexity index is 1650. The van der Waals surface area contributed by atoms with Crippen molar-refractivity contribution in [3.8, 4) is 0 Å². The van der Waals surface area contributed by atoms with Crippen molar-refractivity contribution in [1.29, 1.82) is 0 Å². The molecule has 0 bridgehead atoms. The van der Waals surface area contributed by atoms with Crippen LogP contribution in [-0.4, -0.2) is 24.4 Å². The number of anilines is 1. The van der Waals surface area contributed by atoms with E-state index in [2.05, 4.69) is 154 Å². The van der Waals surface area contributed by atoms with E-state index in [1.807, 2.05) is 0 Å². The zero-order valence-corrected chi connectivity index (χ0v) is 23.4. The van der Waals surface area contributed by atoms with Gasteiger partial charge in [-0.2, -0.15) is 4.58 Å². The van der Waals surface area contributed by atoms with Gasteiger partial charge in [-0.3, -0.25) is 0 Å². The maximum absolute atomic E-state index is 2.40. The molecule has 4 aromatic rings. The molecule has 0 radical (unpaired) electrons. The van der Waals surface area contributed by atoms with Gasteiger partial charge in [0, 0.05) is 35.5 Å². The first-order chi connectivity index (χ1) is 18.2. The van der Waals surface area contributed by atoms with Gasteiger partial charge in [-0.1, -0.05) is 84.4 Å². The third-order valence-corrected chi connectivity index (χ3v) is 8.85. The minimum atomic E-state index is -0.108. The minimum absolute atomic E-state index is 0.0713. The van der Waals surface area contributed by atoms with Crippen molar-refractivity contribution < 1.29 is 4.58 Å². The molecule has 1 atom stereocenters. The van der Waals surface area contributed by atoms with Crippen LogP contribution in [0.3, 0.4) is 0 Å². The first-order valence-corrected chi connectivity index (χ1v) is 13.6. The molecule has 2 heterocycles. The van der Waals surface area contributed by atoms with Crippen molar-refractivity contribution in [3.63, 3.8) is 0 Å². The predicted molar refractivity (Wildman–Crippen MR) is 162 cm³/mol. The van der Waals surface area contributed by atoms with E-state index in [1.54, 1.807) is 0 Å². The summed E-state index contributed by atoms with van der Waals surface area (Å²) in [6, 6.07) is 31.1. The van der Waals surface area contributed by atoms with Crippen LogP contribution in [0.1, 0.15) is 43.0 Å². The summed E-state index contributed by atoms with van der Waals surface area (Å²) in [6.45, 7) is 9.29. The monoisotopic (exact) mass is 497 g/mol. The minimum Gasteiger partial charge on any atom is -0.347 e. The maximum atomic E-state index is 2.40. The van der Waals surface area contributed by atoms with Crippen LogP contribution in [0.15, 0.2) is 109 Å². The van der Waals surface area contributed by atoms with Gasteiger partial charge in [-0.05, 0) is 68.8 Å². The highest BCUT2D eigenvalue weighted by atomic mass is 15.2. The van der Waals surface area contributed by atoms with Crippen molar-refractivity contribution in [2.45, 2.75) is 44.9 Å². The molecule has 2 heteroatoms. The van der Waals surface area contributed by atoms with E-state index >= 15 is 0 Å². The Hall–Kier alpha value is -3.91. The topological polar surface area (TPSA) is 6.25 Å². The Balaban J connectivity index is 1.43. The van der Waals surface area contributed by atoms with E-state index in [0.717, 1.165) is 6.42 Å². The fourth-order valence-electron chi connectivity index (χ4n) is 6.86. The second-order valence-corrected chi connectivity index (χ2v) is 11.7. The molecule has 0 N–H and O–H groups in total. The van der Waals surface area contributed by atoms with E-state index in [1.165, 1.54) is 55.8 Å². The molecule has 1 unspecified atom stereocenters. The Kier molecular flexibility index (Phi) is 5.68. The molecular formula is C36H37N2+. The molecule has 0 fully saturated rings. The predicted octanol–water partition coefficient (Wildman–Crippen LogP) is 8.24. The standard InChI is InChI=1S/C36H37N2/c1-25-19-22-31-30(23-25)36(4,24-26-13-8-7-9-14-26)33(37(31)5)18-12-17-32-35(2,3)29-21-20-27-15-10-11-16-28(27)34(29)38(32)6/h7-23H,24H2,1-6H3/q+1. The van der Waals surface area contributed by atoms with Crippen molar-refractivity contribution in [2.75, 3.05) is 19.0 Å². The summed E-state index contributed by atoms with van der Waals surface area (Å²) in [6.07, 6.45) is 7.91. The van der Waals surface area contributed by atoms with Crippen molar-refractivity contribution in [3.05, 3.63) is 131 Å². The van der Waals surface area contributed by atoms with Gasteiger partial charge in [0.15, 0.2) is 5.71 Å². The van der Waals surface area contributed by atoms with Crippen LogP contribution >= 0.6 is 0 Å². The SMILES string of the molecule is Cc1ccc2c(c1)C(C)(Cc1ccccc1)/C(=C\C=C\C1=[N+](C)c3c(ccc4ccccc34)C1(C)C)N2C. The van der Waals surface area contributed by atoms with Gasteiger partial charge in [0.2, 0.25) is 5.69 Å².